The van der Waals surface area contributed by atoms with Crippen molar-refractivity contribution in [2.75, 3.05) is 20.4 Å². The molecule has 2 aromatic rings. The SMILES string of the molecule is CSc1ncc(C(=O)NC(C(=O)N(C)C)c2ccccc2)cn1. The van der Waals surface area contributed by atoms with Crippen LogP contribution in [-0.4, -0.2) is 47.0 Å². The van der Waals surface area contributed by atoms with Crippen LogP contribution in [0.5, 0.6) is 0 Å². The largest absolute Gasteiger partial charge is 0.347 e. The Balaban J connectivity index is 2.23. The number of benzene rings is 1. The molecule has 1 aromatic carbocycles. The van der Waals surface area contributed by atoms with Gasteiger partial charge in [0.1, 0.15) is 6.04 Å². The Kier molecular flexibility index (Phi) is 5.70. The van der Waals surface area contributed by atoms with Gasteiger partial charge in [-0.2, -0.15) is 0 Å². The third kappa shape index (κ3) is 4.29. The Morgan fingerprint density at radius 2 is 1.74 bits per heavy atom. The molecule has 2 amide bonds. The number of aromatic nitrogens is 2. The molecule has 0 aliphatic heterocycles. The fourth-order valence-corrected chi connectivity index (χ4v) is 2.26. The summed E-state index contributed by atoms with van der Waals surface area (Å²) in [6.07, 6.45) is 4.77. The molecule has 0 saturated carbocycles. The Bertz CT molecular complexity index is 674. The lowest BCUT2D eigenvalue weighted by molar-refractivity contribution is -0.130. The number of nitrogens with zero attached hydrogens (tertiary/aromatic N) is 3. The highest BCUT2D eigenvalue weighted by Gasteiger charge is 2.24. The molecule has 1 aromatic heterocycles. The van der Waals surface area contributed by atoms with Gasteiger partial charge in [-0.15, -0.1) is 0 Å². The molecule has 0 saturated heterocycles. The van der Waals surface area contributed by atoms with Gasteiger partial charge in [0.15, 0.2) is 5.16 Å². The van der Waals surface area contributed by atoms with E-state index < -0.39 is 6.04 Å². The van der Waals surface area contributed by atoms with Crippen LogP contribution < -0.4 is 5.32 Å². The monoisotopic (exact) mass is 330 g/mol. The summed E-state index contributed by atoms with van der Waals surface area (Å²) < 4.78 is 0. The molecule has 1 N–H and O–H groups in total. The van der Waals surface area contributed by atoms with Gasteiger partial charge in [0.2, 0.25) is 5.91 Å². The van der Waals surface area contributed by atoms with E-state index in [0.29, 0.717) is 10.7 Å². The number of carbonyl (C=O) groups is 2. The number of thioether (sulfide) groups is 1. The molecule has 0 aliphatic carbocycles. The van der Waals surface area contributed by atoms with Crippen molar-refractivity contribution >= 4 is 23.6 Å². The summed E-state index contributed by atoms with van der Waals surface area (Å²) in [5.41, 5.74) is 1.04. The molecule has 0 spiro atoms. The Hall–Kier alpha value is -2.41. The van der Waals surface area contributed by atoms with Crippen molar-refractivity contribution in [3.05, 3.63) is 53.9 Å². The van der Waals surface area contributed by atoms with E-state index in [1.165, 1.54) is 29.1 Å². The second-order valence-electron chi connectivity index (χ2n) is 5.01. The maximum atomic E-state index is 12.4. The molecule has 6 nitrogen and oxygen atoms in total. The van der Waals surface area contributed by atoms with Crippen molar-refractivity contribution in [2.24, 2.45) is 0 Å². The van der Waals surface area contributed by atoms with Crippen LogP contribution in [0.1, 0.15) is 22.0 Å². The minimum absolute atomic E-state index is 0.203. The summed E-state index contributed by atoms with van der Waals surface area (Å²) >= 11 is 1.39. The van der Waals surface area contributed by atoms with Gasteiger partial charge in [0, 0.05) is 26.5 Å². The first-order chi connectivity index (χ1) is 11.0. The molecule has 1 atom stereocenters. The maximum absolute atomic E-state index is 12.4. The first kappa shape index (κ1) is 17.0. The number of nitrogens with one attached hydrogen (secondary N) is 1. The van der Waals surface area contributed by atoms with Crippen LogP contribution in [0.4, 0.5) is 0 Å². The Morgan fingerprint density at radius 1 is 1.13 bits per heavy atom. The molecule has 0 bridgehead atoms. The third-order valence-electron chi connectivity index (χ3n) is 3.17. The topological polar surface area (TPSA) is 75.2 Å². The summed E-state index contributed by atoms with van der Waals surface area (Å²) in [6, 6.07) is 8.37. The average molecular weight is 330 g/mol. The molecule has 2 rings (SSSR count). The standard InChI is InChI=1S/C16H18N4O2S/c1-20(2)15(22)13(11-7-5-4-6-8-11)19-14(21)12-9-17-16(23-3)18-10-12/h4-10,13H,1-3H3,(H,19,21). The summed E-state index contributed by atoms with van der Waals surface area (Å²) in [5, 5.41) is 3.34. The number of rotatable bonds is 5. The molecule has 120 valence electrons. The second-order valence-corrected chi connectivity index (χ2v) is 5.78. The zero-order chi connectivity index (χ0) is 16.8. The van der Waals surface area contributed by atoms with Crippen LogP contribution in [0, 0.1) is 0 Å². The lowest BCUT2D eigenvalue weighted by Crippen LogP contribution is -2.39. The minimum atomic E-state index is -0.751. The van der Waals surface area contributed by atoms with Crippen molar-refractivity contribution < 1.29 is 9.59 Å². The summed E-state index contributed by atoms with van der Waals surface area (Å²) in [5.74, 6) is -0.590. The van der Waals surface area contributed by atoms with Gasteiger partial charge in [-0.3, -0.25) is 9.59 Å². The molecule has 1 unspecified atom stereocenters. The van der Waals surface area contributed by atoms with Gasteiger partial charge < -0.3 is 10.2 Å². The predicted octanol–water partition coefficient (Wildman–Crippen LogP) is 1.76. The molecule has 1 heterocycles. The van der Waals surface area contributed by atoms with Crippen LogP contribution in [0.25, 0.3) is 0 Å². The fourth-order valence-electron chi connectivity index (χ4n) is 1.94. The fraction of sp³-hybridized carbons (Fsp3) is 0.250. The first-order valence-corrected chi connectivity index (χ1v) is 8.18. The lowest BCUT2D eigenvalue weighted by Gasteiger charge is -2.22. The van der Waals surface area contributed by atoms with Crippen LogP contribution in [-0.2, 0) is 4.79 Å². The van der Waals surface area contributed by atoms with Crippen LogP contribution in [0.15, 0.2) is 47.9 Å². The van der Waals surface area contributed by atoms with E-state index in [-0.39, 0.29) is 11.8 Å². The maximum Gasteiger partial charge on any atom is 0.255 e. The highest BCUT2D eigenvalue weighted by molar-refractivity contribution is 7.98. The van der Waals surface area contributed by atoms with Gasteiger partial charge in [0.25, 0.3) is 5.91 Å². The highest BCUT2D eigenvalue weighted by atomic mass is 32.2. The molecule has 0 aliphatic rings. The average Bonchev–Trinajstić information content (AvgIpc) is 2.59. The Labute approximate surface area is 139 Å². The Morgan fingerprint density at radius 3 is 2.26 bits per heavy atom. The number of hydrogen-bond donors (Lipinski definition) is 1. The highest BCUT2D eigenvalue weighted by Crippen LogP contribution is 2.16. The van der Waals surface area contributed by atoms with Crippen molar-refractivity contribution in [3.8, 4) is 0 Å². The van der Waals surface area contributed by atoms with Crippen molar-refractivity contribution in [1.29, 1.82) is 0 Å². The number of likely N-dealkylation sites (N-methyl/N-ethyl adjacent to an activating group) is 1. The van der Waals surface area contributed by atoms with E-state index in [1.807, 2.05) is 24.5 Å². The van der Waals surface area contributed by atoms with Crippen molar-refractivity contribution in [1.82, 2.24) is 20.2 Å². The smallest absolute Gasteiger partial charge is 0.255 e. The van der Waals surface area contributed by atoms with Crippen LogP contribution >= 0.6 is 11.8 Å². The third-order valence-corrected chi connectivity index (χ3v) is 3.74. The number of carbonyl (C=O) groups excluding carboxylic acids is 2. The van der Waals surface area contributed by atoms with E-state index >= 15 is 0 Å². The van der Waals surface area contributed by atoms with E-state index in [0.717, 1.165) is 5.56 Å². The van der Waals surface area contributed by atoms with Crippen LogP contribution in [0.2, 0.25) is 0 Å². The zero-order valence-corrected chi connectivity index (χ0v) is 14.0. The number of amides is 2. The van der Waals surface area contributed by atoms with Crippen molar-refractivity contribution in [2.45, 2.75) is 11.2 Å². The van der Waals surface area contributed by atoms with Gasteiger partial charge in [-0.25, -0.2) is 9.97 Å². The van der Waals surface area contributed by atoms with Gasteiger partial charge in [0.05, 0.1) is 5.56 Å². The molecular formula is C16H18N4O2S. The minimum Gasteiger partial charge on any atom is -0.347 e. The normalized spacial score (nSPS) is 11.6. The van der Waals surface area contributed by atoms with Gasteiger partial charge in [-0.1, -0.05) is 42.1 Å². The van der Waals surface area contributed by atoms with E-state index in [9.17, 15) is 9.59 Å². The van der Waals surface area contributed by atoms with E-state index in [2.05, 4.69) is 15.3 Å². The second kappa shape index (κ2) is 7.73. The van der Waals surface area contributed by atoms with E-state index in [4.69, 9.17) is 0 Å². The molecular weight excluding hydrogens is 312 g/mol. The van der Waals surface area contributed by atoms with Crippen molar-refractivity contribution in [3.63, 3.8) is 0 Å². The summed E-state index contributed by atoms with van der Waals surface area (Å²) in [6.45, 7) is 0. The van der Waals surface area contributed by atoms with Gasteiger partial charge >= 0.3 is 0 Å². The predicted molar refractivity (Wildman–Crippen MR) is 89.2 cm³/mol. The summed E-state index contributed by atoms with van der Waals surface area (Å²) in [4.78, 5) is 34.4. The quantitative estimate of drug-likeness (QED) is 0.668. The molecule has 0 radical (unpaired) electrons. The zero-order valence-electron chi connectivity index (χ0n) is 13.2. The summed E-state index contributed by atoms with van der Waals surface area (Å²) in [7, 11) is 3.31. The first-order valence-electron chi connectivity index (χ1n) is 6.96. The van der Waals surface area contributed by atoms with E-state index in [1.54, 1.807) is 26.2 Å². The van der Waals surface area contributed by atoms with Gasteiger partial charge in [-0.05, 0) is 11.8 Å². The lowest BCUT2D eigenvalue weighted by atomic mass is 10.1. The molecule has 0 fully saturated rings. The molecule has 7 heteroatoms. The number of hydrogen-bond acceptors (Lipinski definition) is 5. The molecule has 23 heavy (non-hydrogen) atoms. The van der Waals surface area contributed by atoms with Crippen LogP contribution in [0.3, 0.4) is 0 Å².